The van der Waals surface area contributed by atoms with Crippen molar-refractivity contribution in [2.75, 3.05) is 6.61 Å². The Morgan fingerprint density at radius 2 is 1.90 bits per heavy atom. The van der Waals surface area contributed by atoms with E-state index in [0.717, 1.165) is 22.4 Å². The van der Waals surface area contributed by atoms with Crippen LogP contribution in [-0.4, -0.2) is 23.5 Å². The van der Waals surface area contributed by atoms with Gasteiger partial charge in [-0.05, 0) is 46.2 Å². The van der Waals surface area contributed by atoms with Crippen LogP contribution < -0.4 is 10.1 Å². The van der Waals surface area contributed by atoms with E-state index in [1.54, 1.807) is 6.20 Å². The lowest BCUT2D eigenvalue weighted by molar-refractivity contribution is -0.117. The Morgan fingerprint density at radius 3 is 2.50 bits per heavy atom. The minimum atomic E-state index is -0.396. The summed E-state index contributed by atoms with van der Waals surface area (Å²) in [5.74, 6) is 0.346. The van der Waals surface area contributed by atoms with Crippen molar-refractivity contribution >= 4 is 5.91 Å². The molecular weight excluding hydrogens is 374 g/mol. The predicted molar refractivity (Wildman–Crippen MR) is 120 cm³/mol. The highest BCUT2D eigenvalue weighted by Crippen LogP contribution is 2.26. The Hall–Kier alpha value is -3.26. The molecule has 1 N–H and O–H groups in total. The number of carbonyl (C=O) groups excluding carboxylic acids is 1. The van der Waals surface area contributed by atoms with Crippen molar-refractivity contribution in [3.8, 4) is 11.8 Å². The molecule has 30 heavy (non-hydrogen) atoms. The van der Waals surface area contributed by atoms with Gasteiger partial charge in [0.2, 0.25) is 0 Å². The second-order valence-corrected chi connectivity index (χ2v) is 7.58. The van der Waals surface area contributed by atoms with Crippen LogP contribution >= 0.6 is 0 Å². The molecule has 1 amide bonds. The lowest BCUT2D eigenvalue weighted by Gasteiger charge is -2.26. The van der Waals surface area contributed by atoms with Gasteiger partial charge in [-0.25, -0.2) is 0 Å². The quantitative estimate of drug-likeness (QED) is 0.476. The van der Waals surface area contributed by atoms with Gasteiger partial charge in [0.1, 0.15) is 17.4 Å². The topological polar surface area (TPSA) is 65.4 Å². The minimum Gasteiger partial charge on any atom is -0.494 e. The van der Waals surface area contributed by atoms with E-state index in [4.69, 9.17) is 4.74 Å². The highest BCUT2D eigenvalue weighted by molar-refractivity contribution is 5.97. The molecule has 1 atom stereocenters. The van der Waals surface area contributed by atoms with Crippen LogP contribution in [0, 0.1) is 18.3 Å². The lowest BCUT2D eigenvalue weighted by Crippen LogP contribution is -2.31. The fourth-order valence-electron chi connectivity index (χ4n) is 3.12. The van der Waals surface area contributed by atoms with Crippen molar-refractivity contribution in [2.45, 2.75) is 53.2 Å². The summed E-state index contributed by atoms with van der Waals surface area (Å²) in [6.07, 6.45) is 1.65. The molecule has 0 aliphatic rings. The molecular formula is C25H31N3O2. The Morgan fingerprint density at radius 1 is 1.20 bits per heavy atom. The number of nitrogens with zero attached hydrogens (tertiary/aromatic N) is 2. The summed E-state index contributed by atoms with van der Waals surface area (Å²) in [5, 5.41) is 12.6. The average Bonchev–Trinajstić information content (AvgIpc) is 2.72. The third-order valence-electron chi connectivity index (χ3n) is 4.81. The summed E-state index contributed by atoms with van der Waals surface area (Å²) in [5.41, 5.74) is 3.18. The number of nitriles is 1. The van der Waals surface area contributed by atoms with E-state index in [9.17, 15) is 10.1 Å². The second-order valence-electron chi connectivity index (χ2n) is 7.58. The largest absolute Gasteiger partial charge is 0.494 e. The predicted octanol–water partition coefficient (Wildman–Crippen LogP) is 4.89. The standard InChI is InChI=1S/C25H31N3O2/c1-6-30-24-13-12-19(4)14-23(24)20(5)27-25(29)22(15-26)17-28(18(2)3)16-21-10-8-7-9-11-21/h7-14,17-18,20H,6,16H2,1-5H3,(H,27,29)/b22-17-. The molecule has 5 heteroatoms. The maximum absolute atomic E-state index is 12.9. The van der Waals surface area contributed by atoms with E-state index in [1.165, 1.54) is 0 Å². The Labute approximate surface area is 180 Å². The zero-order chi connectivity index (χ0) is 22.1. The molecule has 2 aromatic carbocycles. The third-order valence-corrected chi connectivity index (χ3v) is 4.81. The summed E-state index contributed by atoms with van der Waals surface area (Å²) in [6, 6.07) is 17.8. The van der Waals surface area contributed by atoms with Gasteiger partial charge in [-0.1, -0.05) is 48.0 Å². The molecule has 0 aliphatic carbocycles. The van der Waals surface area contributed by atoms with Crippen LogP contribution in [0.15, 0.2) is 60.3 Å². The molecule has 5 nitrogen and oxygen atoms in total. The van der Waals surface area contributed by atoms with Crippen molar-refractivity contribution in [3.05, 3.63) is 77.0 Å². The summed E-state index contributed by atoms with van der Waals surface area (Å²) < 4.78 is 5.70. The zero-order valence-electron chi connectivity index (χ0n) is 18.5. The highest BCUT2D eigenvalue weighted by Gasteiger charge is 2.19. The van der Waals surface area contributed by atoms with Crippen molar-refractivity contribution in [2.24, 2.45) is 0 Å². The molecule has 1 unspecified atom stereocenters. The first-order valence-corrected chi connectivity index (χ1v) is 10.3. The van der Waals surface area contributed by atoms with Crippen LogP contribution in [0.3, 0.4) is 0 Å². The van der Waals surface area contributed by atoms with Crippen molar-refractivity contribution in [1.82, 2.24) is 10.2 Å². The zero-order valence-corrected chi connectivity index (χ0v) is 18.5. The number of rotatable bonds is 9. The molecule has 0 aromatic heterocycles. The molecule has 0 heterocycles. The van der Waals surface area contributed by atoms with Crippen molar-refractivity contribution in [3.63, 3.8) is 0 Å². The smallest absolute Gasteiger partial charge is 0.263 e. The first-order chi connectivity index (χ1) is 14.3. The van der Waals surface area contributed by atoms with E-state index >= 15 is 0 Å². The van der Waals surface area contributed by atoms with Gasteiger partial charge >= 0.3 is 0 Å². The van der Waals surface area contributed by atoms with Crippen LogP contribution in [0.1, 0.15) is 50.4 Å². The van der Waals surface area contributed by atoms with Crippen molar-refractivity contribution in [1.29, 1.82) is 5.26 Å². The molecule has 0 aliphatic heterocycles. The fourth-order valence-corrected chi connectivity index (χ4v) is 3.12. The van der Waals surface area contributed by atoms with E-state index < -0.39 is 5.91 Å². The van der Waals surface area contributed by atoms with Gasteiger partial charge < -0.3 is 15.0 Å². The maximum Gasteiger partial charge on any atom is 0.263 e. The molecule has 158 valence electrons. The third kappa shape index (κ3) is 6.38. The summed E-state index contributed by atoms with van der Waals surface area (Å²) >= 11 is 0. The van der Waals surface area contributed by atoms with E-state index in [2.05, 4.69) is 11.4 Å². The SMILES string of the molecule is CCOc1ccc(C)cc1C(C)NC(=O)/C(C#N)=C\N(Cc1ccccc1)C(C)C. The van der Waals surface area contributed by atoms with E-state index in [0.29, 0.717) is 13.2 Å². The highest BCUT2D eigenvalue weighted by atomic mass is 16.5. The van der Waals surface area contributed by atoms with Crippen LogP contribution in [0.5, 0.6) is 5.75 Å². The number of benzene rings is 2. The lowest BCUT2D eigenvalue weighted by atomic mass is 10.0. The van der Waals surface area contributed by atoms with Gasteiger partial charge in [0.25, 0.3) is 5.91 Å². The summed E-state index contributed by atoms with van der Waals surface area (Å²) in [6.45, 7) is 11.1. The van der Waals surface area contributed by atoms with Gasteiger partial charge in [-0.2, -0.15) is 5.26 Å². The summed E-state index contributed by atoms with van der Waals surface area (Å²) in [7, 11) is 0. The molecule has 0 radical (unpaired) electrons. The van der Waals surface area contributed by atoms with Crippen LogP contribution in [-0.2, 0) is 11.3 Å². The van der Waals surface area contributed by atoms with Crippen LogP contribution in [0.4, 0.5) is 0 Å². The molecule has 2 rings (SSSR count). The average molecular weight is 406 g/mol. The van der Waals surface area contributed by atoms with E-state index in [-0.39, 0.29) is 17.7 Å². The second kappa shape index (κ2) is 11.1. The maximum atomic E-state index is 12.9. The molecule has 0 saturated heterocycles. The monoisotopic (exact) mass is 405 g/mol. The summed E-state index contributed by atoms with van der Waals surface area (Å²) in [4.78, 5) is 14.8. The Bertz CT molecular complexity index is 914. The molecule has 0 fully saturated rings. The molecule has 0 spiro atoms. The molecule has 0 saturated carbocycles. The number of nitrogens with one attached hydrogen (secondary N) is 1. The number of hydrogen-bond donors (Lipinski definition) is 1. The number of aryl methyl sites for hydroxylation is 1. The number of hydrogen-bond acceptors (Lipinski definition) is 4. The number of ether oxygens (including phenoxy) is 1. The van der Waals surface area contributed by atoms with Crippen LogP contribution in [0.2, 0.25) is 0 Å². The number of amides is 1. The van der Waals surface area contributed by atoms with Gasteiger partial charge in [-0.3, -0.25) is 4.79 Å². The van der Waals surface area contributed by atoms with E-state index in [1.807, 2.05) is 88.0 Å². The molecule has 0 bridgehead atoms. The number of carbonyl (C=O) groups is 1. The van der Waals surface area contributed by atoms with Gasteiger partial charge in [0.05, 0.1) is 12.6 Å². The van der Waals surface area contributed by atoms with Gasteiger partial charge in [0, 0.05) is 24.4 Å². The Balaban J connectivity index is 2.20. The first-order valence-electron chi connectivity index (χ1n) is 10.3. The fraction of sp³-hybridized carbons (Fsp3) is 0.360. The van der Waals surface area contributed by atoms with Gasteiger partial charge in [-0.15, -0.1) is 0 Å². The Kier molecular flexibility index (Phi) is 8.49. The normalized spacial score (nSPS) is 12.2. The first kappa shape index (κ1) is 23.0. The minimum absolute atomic E-state index is 0.0806. The van der Waals surface area contributed by atoms with Crippen LogP contribution in [0.25, 0.3) is 0 Å². The molecule has 2 aromatic rings. The van der Waals surface area contributed by atoms with Gasteiger partial charge in [0.15, 0.2) is 0 Å². The van der Waals surface area contributed by atoms with Crippen molar-refractivity contribution < 1.29 is 9.53 Å².